The van der Waals surface area contributed by atoms with Gasteiger partial charge in [0.15, 0.2) is 11.7 Å². The van der Waals surface area contributed by atoms with Crippen LogP contribution in [0, 0.1) is 13.8 Å². The minimum absolute atomic E-state index is 0.0776. The lowest BCUT2D eigenvalue weighted by Crippen LogP contribution is -2.23. The molecule has 3 aromatic rings. The predicted molar refractivity (Wildman–Crippen MR) is 93.1 cm³/mol. The minimum Gasteiger partial charge on any atom is -0.441 e. The number of hydrogen-bond donors (Lipinski definition) is 1. The number of nitrogens with zero attached hydrogens (tertiary/aromatic N) is 2. The normalized spacial score (nSPS) is 10.8. The number of benzene rings is 1. The molecule has 1 N–H and O–H groups in total. The summed E-state index contributed by atoms with van der Waals surface area (Å²) < 4.78 is 10.8. The Balaban J connectivity index is 1.52. The van der Waals surface area contributed by atoms with Crippen molar-refractivity contribution in [1.82, 2.24) is 15.5 Å². The third-order valence-corrected chi connectivity index (χ3v) is 4.14. The van der Waals surface area contributed by atoms with Crippen LogP contribution >= 0.6 is 11.6 Å². The van der Waals surface area contributed by atoms with Gasteiger partial charge in [0.2, 0.25) is 5.91 Å². The largest absolute Gasteiger partial charge is 0.441 e. The van der Waals surface area contributed by atoms with E-state index >= 15 is 0 Å². The lowest BCUT2D eigenvalue weighted by atomic mass is 10.2. The number of halogens is 1. The lowest BCUT2D eigenvalue weighted by molar-refractivity contribution is -0.121. The zero-order chi connectivity index (χ0) is 17.8. The molecule has 6 nitrogen and oxygen atoms in total. The third kappa shape index (κ3) is 4.28. The van der Waals surface area contributed by atoms with Crippen molar-refractivity contribution < 1.29 is 13.7 Å². The Bertz CT molecular complexity index is 849. The molecule has 0 aliphatic heterocycles. The highest BCUT2D eigenvalue weighted by Crippen LogP contribution is 2.22. The number of aryl methyl sites for hydroxylation is 3. The summed E-state index contributed by atoms with van der Waals surface area (Å²) in [5, 5.41) is 7.39. The number of hydrogen-bond acceptors (Lipinski definition) is 5. The number of carbonyl (C=O) groups is 1. The number of amides is 1. The first-order valence-electron chi connectivity index (χ1n) is 7.92. The van der Waals surface area contributed by atoms with Crippen molar-refractivity contribution in [3.05, 3.63) is 58.4 Å². The third-order valence-electron chi connectivity index (χ3n) is 3.89. The van der Waals surface area contributed by atoms with Gasteiger partial charge in [0.25, 0.3) is 0 Å². The summed E-state index contributed by atoms with van der Waals surface area (Å²) in [6.07, 6.45) is 2.38. The van der Waals surface area contributed by atoms with Gasteiger partial charge in [0.1, 0.15) is 5.76 Å². The molecule has 3 rings (SSSR count). The van der Waals surface area contributed by atoms with Crippen molar-refractivity contribution in [2.45, 2.75) is 33.2 Å². The van der Waals surface area contributed by atoms with E-state index in [0.717, 1.165) is 22.6 Å². The first kappa shape index (κ1) is 17.2. The van der Waals surface area contributed by atoms with Gasteiger partial charge in [-0.15, -0.1) is 0 Å². The summed E-state index contributed by atoms with van der Waals surface area (Å²) in [5.41, 5.74) is 2.60. The Labute approximate surface area is 150 Å². The average molecular weight is 360 g/mol. The number of aromatic nitrogens is 2. The maximum atomic E-state index is 12.0. The fourth-order valence-electron chi connectivity index (χ4n) is 2.42. The monoisotopic (exact) mass is 359 g/mol. The van der Waals surface area contributed by atoms with Gasteiger partial charge >= 0.3 is 0 Å². The molecule has 0 unspecified atom stereocenters. The molecule has 1 aromatic carbocycles. The highest BCUT2D eigenvalue weighted by Gasteiger charge is 2.12. The highest BCUT2D eigenvalue weighted by atomic mass is 35.5. The highest BCUT2D eigenvalue weighted by molar-refractivity contribution is 6.30. The van der Waals surface area contributed by atoms with Crippen LogP contribution in [0.25, 0.3) is 11.3 Å². The van der Waals surface area contributed by atoms with Crippen LogP contribution in [0.4, 0.5) is 0 Å². The first-order valence-corrected chi connectivity index (χ1v) is 8.30. The van der Waals surface area contributed by atoms with E-state index in [9.17, 15) is 4.79 Å². The summed E-state index contributed by atoms with van der Waals surface area (Å²) in [6, 6.07) is 7.31. The molecule has 0 saturated carbocycles. The van der Waals surface area contributed by atoms with E-state index in [4.69, 9.17) is 20.5 Å². The molecule has 130 valence electrons. The molecule has 0 atom stereocenters. The van der Waals surface area contributed by atoms with Crippen LogP contribution in [0.1, 0.15) is 29.3 Å². The Hall–Kier alpha value is -2.60. The average Bonchev–Trinajstić information content (AvgIpc) is 3.19. The SMILES string of the molecule is Cc1noc(C)c1CNC(=O)CCc1ncc(-c2ccc(Cl)cc2)o1. The van der Waals surface area contributed by atoms with Crippen LogP contribution in [0.2, 0.25) is 5.02 Å². The van der Waals surface area contributed by atoms with Crippen LogP contribution in [-0.2, 0) is 17.8 Å². The summed E-state index contributed by atoms with van der Waals surface area (Å²) in [5.74, 6) is 1.82. The van der Waals surface area contributed by atoms with Crippen molar-refractivity contribution in [2.75, 3.05) is 0 Å². The second-order valence-electron chi connectivity index (χ2n) is 5.70. The Kier molecular flexibility index (Phi) is 5.19. The molecule has 1 amide bonds. The molecule has 2 heterocycles. The fourth-order valence-corrected chi connectivity index (χ4v) is 2.55. The van der Waals surface area contributed by atoms with Crippen molar-refractivity contribution in [2.24, 2.45) is 0 Å². The van der Waals surface area contributed by atoms with Gasteiger partial charge in [-0.25, -0.2) is 4.98 Å². The first-order chi connectivity index (χ1) is 12.0. The van der Waals surface area contributed by atoms with Crippen LogP contribution in [0.5, 0.6) is 0 Å². The molecule has 0 aliphatic rings. The Morgan fingerprint density at radius 3 is 2.68 bits per heavy atom. The summed E-state index contributed by atoms with van der Waals surface area (Å²) in [6.45, 7) is 4.08. The van der Waals surface area contributed by atoms with Gasteiger partial charge in [-0.3, -0.25) is 4.79 Å². The van der Waals surface area contributed by atoms with Gasteiger partial charge in [-0.1, -0.05) is 16.8 Å². The van der Waals surface area contributed by atoms with Gasteiger partial charge in [0, 0.05) is 35.5 Å². The molecule has 0 bridgehead atoms. The quantitative estimate of drug-likeness (QED) is 0.723. The molecule has 0 radical (unpaired) electrons. The molecule has 0 aliphatic carbocycles. The Morgan fingerprint density at radius 1 is 1.24 bits per heavy atom. The van der Waals surface area contributed by atoms with E-state index in [1.165, 1.54) is 0 Å². The zero-order valence-corrected chi connectivity index (χ0v) is 14.8. The second-order valence-corrected chi connectivity index (χ2v) is 6.14. The van der Waals surface area contributed by atoms with Gasteiger partial charge < -0.3 is 14.3 Å². The van der Waals surface area contributed by atoms with Crippen molar-refractivity contribution in [1.29, 1.82) is 0 Å². The van der Waals surface area contributed by atoms with E-state index in [1.54, 1.807) is 18.3 Å². The van der Waals surface area contributed by atoms with Gasteiger partial charge in [-0.05, 0) is 38.1 Å². The standard InChI is InChI=1S/C18H18ClN3O3/c1-11-15(12(2)25-22-11)9-20-17(23)7-8-18-21-10-16(24-18)13-3-5-14(19)6-4-13/h3-6,10H,7-9H2,1-2H3,(H,20,23). The number of oxazole rings is 1. The number of nitrogens with one attached hydrogen (secondary N) is 1. The molecule has 2 aromatic heterocycles. The molecule has 0 saturated heterocycles. The van der Waals surface area contributed by atoms with Crippen molar-refractivity contribution in [3.8, 4) is 11.3 Å². The molecule has 7 heteroatoms. The number of rotatable bonds is 6. The minimum atomic E-state index is -0.0776. The van der Waals surface area contributed by atoms with Crippen molar-refractivity contribution >= 4 is 17.5 Å². The van der Waals surface area contributed by atoms with E-state index in [-0.39, 0.29) is 5.91 Å². The van der Waals surface area contributed by atoms with Gasteiger partial charge in [-0.2, -0.15) is 0 Å². The van der Waals surface area contributed by atoms with Gasteiger partial charge in [0.05, 0.1) is 11.9 Å². The molecule has 0 fully saturated rings. The molecule has 0 spiro atoms. The summed E-state index contributed by atoms with van der Waals surface area (Å²) in [4.78, 5) is 16.2. The molecular formula is C18H18ClN3O3. The lowest BCUT2D eigenvalue weighted by Gasteiger charge is -2.03. The predicted octanol–water partition coefficient (Wildman–Crippen LogP) is 3.85. The van der Waals surface area contributed by atoms with Crippen molar-refractivity contribution in [3.63, 3.8) is 0 Å². The topological polar surface area (TPSA) is 81.2 Å². The summed E-state index contributed by atoms with van der Waals surface area (Å²) >= 11 is 5.87. The van der Waals surface area contributed by atoms with Crippen LogP contribution in [-0.4, -0.2) is 16.0 Å². The number of carbonyl (C=O) groups excluding carboxylic acids is 1. The molecule has 25 heavy (non-hydrogen) atoms. The summed E-state index contributed by atoms with van der Waals surface area (Å²) in [7, 11) is 0. The van der Waals surface area contributed by atoms with E-state index < -0.39 is 0 Å². The Morgan fingerprint density at radius 2 is 2.00 bits per heavy atom. The fraction of sp³-hybridized carbons (Fsp3) is 0.278. The molecular weight excluding hydrogens is 342 g/mol. The van der Waals surface area contributed by atoms with Crippen LogP contribution < -0.4 is 5.32 Å². The second kappa shape index (κ2) is 7.53. The maximum absolute atomic E-state index is 12.0. The van der Waals surface area contributed by atoms with E-state index in [2.05, 4.69) is 15.5 Å². The van der Waals surface area contributed by atoms with Crippen LogP contribution in [0.15, 0.2) is 39.4 Å². The van der Waals surface area contributed by atoms with E-state index in [1.807, 2.05) is 26.0 Å². The maximum Gasteiger partial charge on any atom is 0.220 e. The van der Waals surface area contributed by atoms with E-state index in [0.29, 0.717) is 36.1 Å². The zero-order valence-electron chi connectivity index (χ0n) is 14.0. The smallest absolute Gasteiger partial charge is 0.220 e. The van der Waals surface area contributed by atoms with Crippen LogP contribution in [0.3, 0.4) is 0 Å².